The molecule has 0 saturated heterocycles. The summed E-state index contributed by atoms with van der Waals surface area (Å²) in [5.74, 6) is 1.46. The summed E-state index contributed by atoms with van der Waals surface area (Å²) in [5.41, 5.74) is 0. The maximum Gasteiger partial charge on any atom is 0.328 e. The standard InChI is InChI=1S/C14H18N6OS/c1-4-15-14(22)18-11-16-12(20(2)3)19-13(17-11)21-10-8-6-5-7-9-10/h5-9H,4H2,1-3H3,(H2,15,16,17,18,19,22). The van der Waals surface area contributed by atoms with Gasteiger partial charge in [0.15, 0.2) is 5.11 Å². The maximum atomic E-state index is 5.66. The Morgan fingerprint density at radius 1 is 1.18 bits per heavy atom. The number of aromatic nitrogens is 3. The van der Waals surface area contributed by atoms with Gasteiger partial charge < -0.3 is 20.3 Å². The van der Waals surface area contributed by atoms with Gasteiger partial charge in [-0.15, -0.1) is 0 Å². The quantitative estimate of drug-likeness (QED) is 0.811. The predicted octanol–water partition coefficient (Wildman–Crippen LogP) is 2.04. The van der Waals surface area contributed by atoms with Gasteiger partial charge in [-0.3, -0.25) is 0 Å². The molecule has 0 aliphatic carbocycles. The highest BCUT2D eigenvalue weighted by Crippen LogP contribution is 2.20. The number of ether oxygens (including phenoxy) is 1. The van der Waals surface area contributed by atoms with Gasteiger partial charge in [0.25, 0.3) is 0 Å². The van der Waals surface area contributed by atoms with E-state index in [1.807, 2.05) is 51.4 Å². The fourth-order valence-electron chi connectivity index (χ4n) is 1.55. The zero-order chi connectivity index (χ0) is 15.9. The summed E-state index contributed by atoms with van der Waals surface area (Å²) in [7, 11) is 3.68. The van der Waals surface area contributed by atoms with E-state index in [2.05, 4.69) is 25.6 Å². The zero-order valence-electron chi connectivity index (χ0n) is 12.7. The van der Waals surface area contributed by atoms with Gasteiger partial charge in [0.2, 0.25) is 11.9 Å². The molecule has 116 valence electrons. The summed E-state index contributed by atoms with van der Waals surface area (Å²) in [6, 6.07) is 9.52. The number of rotatable bonds is 5. The smallest absolute Gasteiger partial charge is 0.328 e. The van der Waals surface area contributed by atoms with Gasteiger partial charge in [0, 0.05) is 20.6 Å². The molecule has 1 heterocycles. The van der Waals surface area contributed by atoms with Gasteiger partial charge >= 0.3 is 6.01 Å². The summed E-state index contributed by atoms with van der Waals surface area (Å²) in [4.78, 5) is 14.5. The van der Waals surface area contributed by atoms with E-state index in [4.69, 9.17) is 17.0 Å². The first-order chi connectivity index (χ1) is 10.6. The number of hydrogen-bond donors (Lipinski definition) is 2. The molecule has 0 spiro atoms. The number of para-hydroxylation sites is 1. The second-order valence-electron chi connectivity index (χ2n) is 4.54. The number of hydrogen-bond acceptors (Lipinski definition) is 6. The van der Waals surface area contributed by atoms with Gasteiger partial charge in [-0.25, -0.2) is 0 Å². The fraction of sp³-hybridized carbons (Fsp3) is 0.286. The molecule has 0 saturated carbocycles. The topological polar surface area (TPSA) is 75.2 Å². The lowest BCUT2D eigenvalue weighted by atomic mass is 10.3. The van der Waals surface area contributed by atoms with Gasteiger partial charge in [0.05, 0.1) is 0 Å². The monoisotopic (exact) mass is 318 g/mol. The van der Waals surface area contributed by atoms with Crippen molar-refractivity contribution in [2.45, 2.75) is 6.92 Å². The molecule has 0 radical (unpaired) electrons. The van der Waals surface area contributed by atoms with E-state index >= 15 is 0 Å². The lowest BCUT2D eigenvalue weighted by molar-refractivity contribution is 0.441. The van der Waals surface area contributed by atoms with Gasteiger partial charge in [0.1, 0.15) is 5.75 Å². The third-order valence-corrected chi connectivity index (χ3v) is 2.76. The number of nitrogens with one attached hydrogen (secondary N) is 2. The Kier molecular flexibility index (Phi) is 5.42. The molecular weight excluding hydrogens is 300 g/mol. The molecule has 2 rings (SSSR count). The number of anilines is 2. The first-order valence-corrected chi connectivity index (χ1v) is 7.20. The van der Waals surface area contributed by atoms with E-state index in [0.29, 0.717) is 29.3 Å². The van der Waals surface area contributed by atoms with Crippen LogP contribution in [0.25, 0.3) is 0 Å². The van der Waals surface area contributed by atoms with Crippen molar-refractivity contribution in [3.05, 3.63) is 30.3 Å². The molecular formula is C14H18N6OS. The minimum atomic E-state index is 0.201. The van der Waals surface area contributed by atoms with Crippen LogP contribution in [0.15, 0.2) is 30.3 Å². The Bertz CT molecular complexity index is 634. The molecule has 0 bridgehead atoms. The molecule has 22 heavy (non-hydrogen) atoms. The van der Waals surface area contributed by atoms with Crippen LogP contribution >= 0.6 is 12.2 Å². The Hall–Kier alpha value is -2.48. The van der Waals surface area contributed by atoms with E-state index in [1.54, 1.807) is 4.90 Å². The van der Waals surface area contributed by atoms with E-state index in [1.165, 1.54) is 0 Å². The van der Waals surface area contributed by atoms with Crippen molar-refractivity contribution >= 4 is 29.2 Å². The summed E-state index contributed by atoms with van der Waals surface area (Å²) < 4.78 is 5.66. The third kappa shape index (κ3) is 4.52. The van der Waals surface area contributed by atoms with Gasteiger partial charge in [-0.2, -0.15) is 15.0 Å². The maximum absolute atomic E-state index is 5.66. The molecule has 7 nitrogen and oxygen atoms in total. The second kappa shape index (κ2) is 7.51. The highest BCUT2D eigenvalue weighted by Gasteiger charge is 2.11. The predicted molar refractivity (Wildman–Crippen MR) is 90.6 cm³/mol. The Balaban J connectivity index is 2.25. The van der Waals surface area contributed by atoms with Crippen LogP contribution < -0.4 is 20.3 Å². The molecule has 2 aromatic rings. The van der Waals surface area contributed by atoms with Gasteiger partial charge in [-0.1, -0.05) is 18.2 Å². The summed E-state index contributed by atoms with van der Waals surface area (Å²) in [6.07, 6.45) is 0. The lowest BCUT2D eigenvalue weighted by Gasteiger charge is -2.14. The van der Waals surface area contributed by atoms with Crippen molar-refractivity contribution in [1.29, 1.82) is 0 Å². The fourth-order valence-corrected chi connectivity index (χ4v) is 1.78. The first kappa shape index (κ1) is 15.9. The number of thiocarbonyl (C=S) groups is 1. The molecule has 0 aliphatic heterocycles. The molecule has 0 aliphatic rings. The van der Waals surface area contributed by atoms with Gasteiger partial charge in [-0.05, 0) is 31.3 Å². The Morgan fingerprint density at radius 2 is 1.91 bits per heavy atom. The van der Waals surface area contributed by atoms with Crippen molar-refractivity contribution in [2.24, 2.45) is 0 Å². The largest absolute Gasteiger partial charge is 0.424 e. The van der Waals surface area contributed by atoms with Crippen LogP contribution in [0.2, 0.25) is 0 Å². The minimum absolute atomic E-state index is 0.201. The van der Waals surface area contributed by atoms with Crippen LogP contribution in [-0.4, -0.2) is 40.7 Å². The van der Waals surface area contributed by atoms with Crippen LogP contribution in [0.3, 0.4) is 0 Å². The molecule has 1 aromatic heterocycles. The zero-order valence-corrected chi connectivity index (χ0v) is 13.5. The van der Waals surface area contributed by atoms with Crippen molar-refractivity contribution in [1.82, 2.24) is 20.3 Å². The Morgan fingerprint density at radius 3 is 2.55 bits per heavy atom. The van der Waals surface area contributed by atoms with E-state index < -0.39 is 0 Å². The highest BCUT2D eigenvalue weighted by molar-refractivity contribution is 7.80. The SMILES string of the molecule is CCNC(=S)Nc1nc(Oc2ccccc2)nc(N(C)C)n1. The summed E-state index contributed by atoms with van der Waals surface area (Å²) in [5, 5.41) is 6.34. The normalized spacial score (nSPS) is 9.95. The average molecular weight is 318 g/mol. The summed E-state index contributed by atoms with van der Waals surface area (Å²) >= 11 is 5.14. The molecule has 0 fully saturated rings. The minimum Gasteiger partial charge on any atom is -0.424 e. The van der Waals surface area contributed by atoms with Crippen molar-refractivity contribution in [3.8, 4) is 11.8 Å². The van der Waals surface area contributed by atoms with Crippen LogP contribution in [0, 0.1) is 0 Å². The average Bonchev–Trinajstić information content (AvgIpc) is 2.48. The molecule has 0 unspecified atom stereocenters. The van der Waals surface area contributed by atoms with Crippen LogP contribution in [0.5, 0.6) is 11.8 Å². The Labute approximate surface area is 134 Å². The first-order valence-electron chi connectivity index (χ1n) is 6.79. The number of benzene rings is 1. The van der Waals surface area contributed by atoms with E-state index in [-0.39, 0.29) is 6.01 Å². The molecule has 1 aromatic carbocycles. The molecule has 0 amide bonds. The van der Waals surface area contributed by atoms with Crippen molar-refractivity contribution in [2.75, 3.05) is 30.9 Å². The third-order valence-electron chi connectivity index (χ3n) is 2.52. The number of nitrogens with zero attached hydrogens (tertiary/aromatic N) is 4. The second-order valence-corrected chi connectivity index (χ2v) is 4.94. The van der Waals surface area contributed by atoms with Crippen molar-refractivity contribution < 1.29 is 4.74 Å². The summed E-state index contributed by atoms with van der Waals surface area (Å²) in [6.45, 7) is 2.67. The highest BCUT2D eigenvalue weighted by atomic mass is 32.1. The van der Waals surface area contributed by atoms with E-state index in [0.717, 1.165) is 0 Å². The lowest BCUT2D eigenvalue weighted by Crippen LogP contribution is -2.29. The molecule has 8 heteroatoms. The molecule has 0 atom stereocenters. The van der Waals surface area contributed by atoms with Crippen LogP contribution in [-0.2, 0) is 0 Å². The van der Waals surface area contributed by atoms with Crippen LogP contribution in [0.1, 0.15) is 6.92 Å². The van der Waals surface area contributed by atoms with Crippen molar-refractivity contribution in [3.63, 3.8) is 0 Å². The van der Waals surface area contributed by atoms with Crippen LogP contribution in [0.4, 0.5) is 11.9 Å². The molecule has 2 N–H and O–H groups in total. The van der Waals surface area contributed by atoms with E-state index in [9.17, 15) is 0 Å².